The summed E-state index contributed by atoms with van der Waals surface area (Å²) in [5.74, 6) is 0.568. The fourth-order valence-electron chi connectivity index (χ4n) is 2.05. The lowest BCUT2D eigenvalue weighted by Crippen LogP contribution is -2.30. The van der Waals surface area contributed by atoms with E-state index in [0.717, 1.165) is 11.3 Å². The summed E-state index contributed by atoms with van der Waals surface area (Å²) in [5.41, 5.74) is 2.30. The van der Waals surface area contributed by atoms with E-state index in [1.54, 1.807) is 36.3 Å². The number of hydrogen-bond acceptors (Lipinski definition) is 4. The highest BCUT2D eigenvalue weighted by molar-refractivity contribution is 5.94. The predicted octanol–water partition coefficient (Wildman–Crippen LogP) is 3.26. The number of aromatic nitrogens is 2. The van der Waals surface area contributed by atoms with E-state index in [0.29, 0.717) is 17.9 Å². The minimum Gasteiger partial charge on any atom is -0.489 e. The summed E-state index contributed by atoms with van der Waals surface area (Å²) in [6.07, 6.45) is 3.15. The highest BCUT2D eigenvalue weighted by Crippen LogP contribution is 2.20. The molecule has 0 saturated heterocycles. The van der Waals surface area contributed by atoms with E-state index < -0.39 is 0 Å². The van der Waals surface area contributed by atoms with Crippen LogP contribution in [0.3, 0.4) is 0 Å². The van der Waals surface area contributed by atoms with Crippen molar-refractivity contribution in [3.05, 3.63) is 66.3 Å². The molecule has 5 nitrogen and oxygen atoms in total. The highest BCUT2D eigenvalue weighted by Gasteiger charge is 2.20. The molecule has 2 aromatic rings. The van der Waals surface area contributed by atoms with Crippen LogP contribution in [0.15, 0.2) is 55.0 Å². The molecular formula is C18H21N3O2. The van der Waals surface area contributed by atoms with Crippen molar-refractivity contribution < 1.29 is 9.53 Å². The van der Waals surface area contributed by atoms with Crippen LogP contribution < -0.4 is 4.74 Å². The van der Waals surface area contributed by atoms with Crippen molar-refractivity contribution in [2.24, 2.45) is 0 Å². The topological polar surface area (TPSA) is 55.3 Å². The lowest BCUT2D eigenvalue weighted by Gasteiger charge is -2.24. The molecule has 0 aliphatic carbocycles. The van der Waals surface area contributed by atoms with Crippen LogP contribution in [-0.2, 0) is 0 Å². The monoisotopic (exact) mass is 311 g/mol. The van der Waals surface area contributed by atoms with Gasteiger partial charge >= 0.3 is 0 Å². The fourth-order valence-corrected chi connectivity index (χ4v) is 2.05. The van der Waals surface area contributed by atoms with Gasteiger partial charge in [0.1, 0.15) is 18.7 Å². The Morgan fingerprint density at radius 1 is 1.39 bits per heavy atom. The molecule has 1 amide bonds. The molecule has 2 rings (SSSR count). The molecule has 120 valence electrons. The van der Waals surface area contributed by atoms with Crippen LogP contribution in [0.25, 0.3) is 0 Å². The Hall–Kier alpha value is -2.69. The zero-order chi connectivity index (χ0) is 16.8. The van der Waals surface area contributed by atoms with Gasteiger partial charge in [-0.15, -0.1) is 0 Å². The van der Waals surface area contributed by atoms with Crippen molar-refractivity contribution >= 4 is 5.91 Å². The molecule has 23 heavy (non-hydrogen) atoms. The van der Waals surface area contributed by atoms with Gasteiger partial charge < -0.3 is 9.64 Å². The van der Waals surface area contributed by atoms with Gasteiger partial charge in [0.05, 0.1) is 11.7 Å². The normalized spacial score (nSPS) is 11.6. The Morgan fingerprint density at radius 3 is 2.83 bits per heavy atom. The van der Waals surface area contributed by atoms with E-state index >= 15 is 0 Å². The summed E-state index contributed by atoms with van der Waals surface area (Å²) >= 11 is 0. The van der Waals surface area contributed by atoms with E-state index in [9.17, 15) is 4.79 Å². The third kappa shape index (κ3) is 4.39. The number of carbonyl (C=O) groups is 1. The van der Waals surface area contributed by atoms with Crippen molar-refractivity contribution in [3.8, 4) is 5.75 Å². The molecule has 1 heterocycles. The number of carbonyl (C=O) groups excluding carboxylic acids is 1. The van der Waals surface area contributed by atoms with Gasteiger partial charge in [-0.2, -0.15) is 0 Å². The van der Waals surface area contributed by atoms with Crippen molar-refractivity contribution in [2.45, 2.75) is 19.9 Å². The quantitative estimate of drug-likeness (QED) is 0.768. The van der Waals surface area contributed by atoms with Crippen molar-refractivity contribution in [1.82, 2.24) is 14.9 Å². The summed E-state index contributed by atoms with van der Waals surface area (Å²) in [5, 5.41) is 0. The third-order valence-electron chi connectivity index (χ3n) is 3.50. The fraction of sp³-hybridized carbons (Fsp3) is 0.278. The van der Waals surface area contributed by atoms with Crippen LogP contribution in [0.4, 0.5) is 0 Å². The minimum absolute atomic E-state index is 0.0862. The lowest BCUT2D eigenvalue weighted by molar-refractivity contribution is 0.0739. The number of ether oxygens (including phenoxy) is 1. The molecule has 0 aliphatic heterocycles. The summed E-state index contributed by atoms with van der Waals surface area (Å²) in [6, 6.07) is 8.82. The maximum atomic E-state index is 12.7. The highest BCUT2D eigenvalue weighted by atomic mass is 16.5. The predicted molar refractivity (Wildman–Crippen MR) is 89.3 cm³/mol. The molecule has 0 aliphatic rings. The molecule has 1 aromatic heterocycles. The van der Waals surface area contributed by atoms with Crippen molar-refractivity contribution in [2.75, 3.05) is 13.7 Å². The largest absolute Gasteiger partial charge is 0.489 e. The SMILES string of the molecule is C=C(C)COc1cccc(C(=O)N(C)C(C)c2ccncn2)c1. The molecule has 0 fully saturated rings. The maximum absolute atomic E-state index is 12.7. The Bertz CT molecular complexity index is 686. The van der Waals surface area contributed by atoms with E-state index in [1.165, 1.54) is 6.33 Å². The summed E-state index contributed by atoms with van der Waals surface area (Å²) in [6.45, 7) is 8.06. The Morgan fingerprint density at radius 2 is 2.17 bits per heavy atom. The second kappa shape index (κ2) is 7.54. The molecule has 1 unspecified atom stereocenters. The van der Waals surface area contributed by atoms with Gasteiger partial charge in [-0.1, -0.05) is 12.6 Å². The number of amides is 1. The molecule has 0 spiro atoms. The molecule has 0 radical (unpaired) electrons. The average molecular weight is 311 g/mol. The van der Waals surface area contributed by atoms with Gasteiger partial charge in [-0.25, -0.2) is 9.97 Å². The second-order valence-corrected chi connectivity index (χ2v) is 5.50. The first-order valence-corrected chi connectivity index (χ1v) is 7.39. The van der Waals surface area contributed by atoms with Crippen LogP contribution in [0.2, 0.25) is 0 Å². The van der Waals surface area contributed by atoms with Gasteiger partial charge in [0.25, 0.3) is 5.91 Å². The van der Waals surface area contributed by atoms with Crippen LogP contribution in [-0.4, -0.2) is 34.4 Å². The van der Waals surface area contributed by atoms with Crippen molar-refractivity contribution in [3.63, 3.8) is 0 Å². The standard InChI is InChI=1S/C18H21N3O2/c1-13(2)11-23-16-7-5-6-15(10-16)18(22)21(4)14(3)17-8-9-19-12-20-17/h5-10,12,14H,1,11H2,2-4H3. The third-order valence-corrected chi connectivity index (χ3v) is 3.50. The molecule has 1 atom stereocenters. The van der Waals surface area contributed by atoms with E-state index in [1.807, 2.05) is 26.0 Å². The van der Waals surface area contributed by atoms with Crippen LogP contribution >= 0.6 is 0 Å². The smallest absolute Gasteiger partial charge is 0.254 e. The molecule has 5 heteroatoms. The molecule has 0 saturated carbocycles. The maximum Gasteiger partial charge on any atom is 0.254 e. The molecule has 1 aromatic carbocycles. The van der Waals surface area contributed by atoms with Gasteiger partial charge in [0, 0.05) is 18.8 Å². The second-order valence-electron chi connectivity index (χ2n) is 5.50. The number of nitrogens with zero attached hydrogens (tertiary/aromatic N) is 3. The first-order valence-electron chi connectivity index (χ1n) is 7.39. The Balaban J connectivity index is 2.13. The van der Waals surface area contributed by atoms with E-state index in [-0.39, 0.29) is 11.9 Å². The zero-order valence-corrected chi connectivity index (χ0v) is 13.7. The van der Waals surface area contributed by atoms with Gasteiger partial charge in [-0.05, 0) is 43.7 Å². The number of hydrogen-bond donors (Lipinski definition) is 0. The van der Waals surface area contributed by atoms with E-state index in [2.05, 4.69) is 16.5 Å². The minimum atomic E-state index is -0.148. The first-order chi connectivity index (χ1) is 11.0. The van der Waals surface area contributed by atoms with Crippen molar-refractivity contribution in [1.29, 1.82) is 0 Å². The van der Waals surface area contributed by atoms with Gasteiger partial charge in [0.2, 0.25) is 0 Å². The van der Waals surface area contributed by atoms with Crippen LogP contribution in [0.5, 0.6) is 5.75 Å². The zero-order valence-electron chi connectivity index (χ0n) is 13.7. The average Bonchev–Trinajstić information content (AvgIpc) is 2.59. The van der Waals surface area contributed by atoms with Gasteiger partial charge in [-0.3, -0.25) is 4.79 Å². The van der Waals surface area contributed by atoms with Crippen LogP contribution in [0, 0.1) is 0 Å². The first kappa shape index (κ1) is 16.7. The summed E-state index contributed by atoms with van der Waals surface area (Å²) in [7, 11) is 1.76. The number of rotatable bonds is 6. The Labute approximate surface area is 136 Å². The van der Waals surface area contributed by atoms with E-state index in [4.69, 9.17) is 4.74 Å². The summed E-state index contributed by atoms with van der Waals surface area (Å²) in [4.78, 5) is 22.4. The molecule has 0 N–H and O–H groups in total. The van der Waals surface area contributed by atoms with Gasteiger partial charge in [0.15, 0.2) is 0 Å². The number of benzene rings is 1. The van der Waals surface area contributed by atoms with Crippen LogP contribution in [0.1, 0.15) is 35.9 Å². The molecular weight excluding hydrogens is 290 g/mol. The summed E-state index contributed by atoms with van der Waals surface area (Å²) < 4.78 is 5.59. The Kier molecular flexibility index (Phi) is 5.46. The lowest BCUT2D eigenvalue weighted by atomic mass is 10.1. The molecule has 0 bridgehead atoms.